The summed E-state index contributed by atoms with van der Waals surface area (Å²) in [6.45, 7) is 5.61. The summed E-state index contributed by atoms with van der Waals surface area (Å²) in [7, 11) is 0. The molecule has 3 aliphatic rings. The van der Waals surface area contributed by atoms with Crippen molar-refractivity contribution in [3.63, 3.8) is 0 Å². The summed E-state index contributed by atoms with van der Waals surface area (Å²) in [6, 6.07) is 13.3. The Kier molecular flexibility index (Phi) is 8.40. The van der Waals surface area contributed by atoms with Crippen molar-refractivity contribution in [1.82, 2.24) is 10.2 Å². The van der Waals surface area contributed by atoms with Gasteiger partial charge in [0.1, 0.15) is 17.9 Å². The summed E-state index contributed by atoms with van der Waals surface area (Å²) in [6.07, 6.45) is 1.38. The number of aliphatic hydroxyl groups excluding tert-OH is 1. The molecule has 3 unspecified atom stereocenters. The van der Waals surface area contributed by atoms with Crippen LogP contribution >= 0.6 is 0 Å². The first-order valence-electron chi connectivity index (χ1n) is 14.0. The van der Waals surface area contributed by atoms with Crippen molar-refractivity contribution in [2.24, 2.45) is 11.8 Å². The summed E-state index contributed by atoms with van der Waals surface area (Å²) < 4.78 is 11.5. The molecule has 2 amide bonds. The fourth-order valence-electron chi connectivity index (χ4n) is 6.22. The highest BCUT2D eigenvalue weighted by atomic mass is 16.6. The number of aromatic hydroxyl groups is 1. The lowest BCUT2D eigenvalue weighted by molar-refractivity contribution is -0.121. The second kappa shape index (κ2) is 11.9. The summed E-state index contributed by atoms with van der Waals surface area (Å²) >= 11 is 0. The lowest BCUT2D eigenvalue weighted by Crippen LogP contribution is -2.51. The molecule has 0 bridgehead atoms. The largest absolute Gasteiger partial charge is 0.508 e. The molecule has 2 heterocycles. The van der Waals surface area contributed by atoms with Gasteiger partial charge in [-0.25, -0.2) is 4.79 Å². The van der Waals surface area contributed by atoms with E-state index in [9.17, 15) is 19.8 Å². The Morgan fingerprint density at radius 3 is 2.72 bits per heavy atom. The van der Waals surface area contributed by atoms with Gasteiger partial charge in [-0.05, 0) is 42.7 Å². The maximum absolute atomic E-state index is 13.0. The number of fused-ring (bicyclic) bond motifs is 2. The number of benzene rings is 2. The van der Waals surface area contributed by atoms with Crippen LogP contribution in [0.4, 0.5) is 10.5 Å². The van der Waals surface area contributed by atoms with E-state index in [0.717, 1.165) is 30.6 Å². The number of alkyl carbamates (subject to hydrolysis) is 1. The number of aliphatic hydroxyl groups is 1. The van der Waals surface area contributed by atoms with Crippen LogP contribution in [0.2, 0.25) is 0 Å². The molecule has 1 saturated heterocycles. The molecule has 6 atom stereocenters. The molecule has 210 valence electrons. The van der Waals surface area contributed by atoms with Crippen molar-refractivity contribution in [3.8, 4) is 5.75 Å². The molecule has 1 saturated carbocycles. The summed E-state index contributed by atoms with van der Waals surface area (Å²) in [5, 5.41) is 27.2. The molecule has 0 radical (unpaired) electrons. The molecule has 39 heavy (non-hydrogen) atoms. The van der Waals surface area contributed by atoms with Crippen molar-refractivity contribution in [2.75, 3.05) is 25.0 Å². The van der Waals surface area contributed by atoms with Gasteiger partial charge in [0.25, 0.3) is 0 Å². The van der Waals surface area contributed by atoms with Crippen molar-refractivity contribution in [3.05, 3.63) is 59.7 Å². The van der Waals surface area contributed by atoms with Crippen molar-refractivity contribution >= 4 is 17.7 Å². The zero-order valence-corrected chi connectivity index (χ0v) is 22.6. The van der Waals surface area contributed by atoms with Crippen molar-refractivity contribution in [1.29, 1.82) is 0 Å². The molecular formula is C30H39N3O6. The number of phenolic OH excluding ortho intramolecular Hbond substituents is 1. The Morgan fingerprint density at radius 2 is 1.97 bits per heavy atom. The molecular weight excluding hydrogens is 498 g/mol. The lowest BCUT2D eigenvalue weighted by atomic mass is 9.98. The lowest BCUT2D eigenvalue weighted by Gasteiger charge is -2.34. The number of amides is 2. The molecule has 0 spiro atoms. The molecule has 2 fully saturated rings. The van der Waals surface area contributed by atoms with Gasteiger partial charge in [-0.3, -0.25) is 9.69 Å². The fraction of sp³-hybridized carbons (Fsp3) is 0.533. The Morgan fingerprint density at radius 1 is 1.18 bits per heavy atom. The van der Waals surface area contributed by atoms with E-state index in [1.165, 1.54) is 6.07 Å². The maximum atomic E-state index is 13.0. The van der Waals surface area contributed by atoms with Crippen LogP contribution in [0.15, 0.2) is 48.5 Å². The van der Waals surface area contributed by atoms with Crippen LogP contribution in [0.1, 0.15) is 50.3 Å². The molecule has 2 aromatic carbocycles. The molecule has 2 aliphatic heterocycles. The first-order valence-corrected chi connectivity index (χ1v) is 14.0. The Bertz CT molecular complexity index is 1150. The summed E-state index contributed by atoms with van der Waals surface area (Å²) in [5.41, 5.74) is 2.30. The van der Waals surface area contributed by atoms with Crippen LogP contribution < -0.4 is 10.6 Å². The molecule has 9 nitrogen and oxygen atoms in total. The number of nitrogens with one attached hydrogen (secondary N) is 2. The van der Waals surface area contributed by atoms with Gasteiger partial charge in [-0.2, -0.15) is 0 Å². The van der Waals surface area contributed by atoms with Crippen LogP contribution in [-0.4, -0.2) is 71.2 Å². The fourth-order valence-corrected chi connectivity index (χ4v) is 6.22. The van der Waals surface area contributed by atoms with E-state index in [2.05, 4.69) is 24.5 Å². The van der Waals surface area contributed by atoms with Gasteiger partial charge < -0.3 is 30.3 Å². The van der Waals surface area contributed by atoms with Crippen LogP contribution in [0.5, 0.6) is 5.75 Å². The van der Waals surface area contributed by atoms with Crippen LogP contribution in [0.25, 0.3) is 0 Å². The van der Waals surface area contributed by atoms with Crippen LogP contribution in [-0.2, 0) is 20.7 Å². The smallest absolute Gasteiger partial charge is 0.407 e. The van der Waals surface area contributed by atoms with E-state index in [0.29, 0.717) is 31.0 Å². The van der Waals surface area contributed by atoms with Gasteiger partial charge in [-0.1, -0.05) is 50.2 Å². The number of carbonyl (C=O) groups excluding carboxylic acids is 2. The molecule has 5 rings (SSSR count). The minimum Gasteiger partial charge on any atom is -0.508 e. The van der Waals surface area contributed by atoms with Gasteiger partial charge in [0, 0.05) is 43.4 Å². The highest BCUT2D eigenvalue weighted by Gasteiger charge is 2.41. The summed E-state index contributed by atoms with van der Waals surface area (Å²) in [4.78, 5) is 28.0. The third kappa shape index (κ3) is 6.54. The predicted molar refractivity (Wildman–Crippen MR) is 146 cm³/mol. The van der Waals surface area contributed by atoms with E-state index in [1.54, 1.807) is 12.1 Å². The molecule has 2 aromatic rings. The number of hydrogen-bond donors (Lipinski definition) is 4. The first-order chi connectivity index (χ1) is 18.8. The third-order valence-electron chi connectivity index (χ3n) is 7.97. The van der Waals surface area contributed by atoms with Crippen molar-refractivity contribution in [2.45, 2.75) is 69.9 Å². The number of carbonyl (C=O) groups is 2. The third-order valence-corrected chi connectivity index (χ3v) is 7.97. The second-order valence-corrected chi connectivity index (χ2v) is 11.5. The van der Waals surface area contributed by atoms with E-state index < -0.39 is 24.3 Å². The molecule has 9 heteroatoms. The van der Waals surface area contributed by atoms with Crippen LogP contribution in [0, 0.1) is 11.8 Å². The number of hydrogen-bond acceptors (Lipinski definition) is 7. The number of rotatable bonds is 10. The van der Waals surface area contributed by atoms with Gasteiger partial charge in [0.05, 0.1) is 18.2 Å². The summed E-state index contributed by atoms with van der Waals surface area (Å²) in [5.74, 6) is 0.541. The van der Waals surface area contributed by atoms with E-state index in [4.69, 9.17) is 9.47 Å². The van der Waals surface area contributed by atoms with Gasteiger partial charge in [0.15, 0.2) is 0 Å². The second-order valence-electron chi connectivity index (χ2n) is 11.5. The van der Waals surface area contributed by atoms with E-state index in [-0.39, 0.29) is 36.3 Å². The average molecular weight is 538 g/mol. The quantitative estimate of drug-likeness (QED) is 0.365. The number of anilines is 1. The Hall–Kier alpha value is -3.14. The molecule has 4 N–H and O–H groups in total. The average Bonchev–Trinajstić information content (AvgIpc) is 3.56. The predicted octanol–water partition coefficient (Wildman–Crippen LogP) is 3.61. The standard InChI is InChI=1S/C30H39N3O6/c1-18(2)16-33(28-23-9-8-21(34)14-24(23)31-29(28)36)17-26(35)25(12-19-6-4-3-5-7-19)32-30(37)39-22-13-20-10-11-38-27(20)15-22/h3-9,14,18,20,22,25-28,34-35H,10-13,15-17H2,1-2H3,(H,31,36)(H,32,37)/t20-,22?,25?,26+,27+,28?/m0/s1. The molecule has 0 aromatic heterocycles. The highest BCUT2D eigenvalue weighted by molar-refractivity contribution is 6.02. The van der Waals surface area contributed by atoms with Gasteiger partial charge >= 0.3 is 6.09 Å². The number of nitrogens with zero attached hydrogens (tertiary/aromatic N) is 1. The SMILES string of the molecule is CC(C)CN(C[C@@H](O)C(Cc1ccccc1)NC(=O)OC1C[C@@H]2CCO[C@@H]2C1)C1C(=O)Nc2cc(O)ccc21. The van der Waals surface area contributed by atoms with E-state index >= 15 is 0 Å². The van der Waals surface area contributed by atoms with Crippen LogP contribution in [0.3, 0.4) is 0 Å². The highest BCUT2D eigenvalue weighted by Crippen LogP contribution is 2.38. The first kappa shape index (κ1) is 27.4. The Balaban J connectivity index is 1.31. The maximum Gasteiger partial charge on any atom is 0.407 e. The minimum absolute atomic E-state index is 0.0771. The zero-order valence-electron chi connectivity index (χ0n) is 22.6. The zero-order chi connectivity index (χ0) is 27.5. The molecule has 1 aliphatic carbocycles. The number of phenols is 1. The topological polar surface area (TPSA) is 120 Å². The normalized spacial score (nSPS) is 25.3. The Labute approximate surface area is 229 Å². The minimum atomic E-state index is -0.975. The van der Waals surface area contributed by atoms with Crippen molar-refractivity contribution < 1.29 is 29.3 Å². The van der Waals surface area contributed by atoms with Gasteiger partial charge in [0.2, 0.25) is 5.91 Å². The van der Waals surface area contributed by atoms with Gasteiger partial charge in [-0.15, -0.1) is 0 Å². The van der Waals surface area contributed by atoms with E-state index in [1.807, 2.05) is 35.2 Å². The monoisotopic (exact) mass is 537 g/mol. The number of ether oxygens (including phenoxy) is 2.